The molecule has 6 heteroatoms. The van der Waals surface area contributed by atoms with Crippen LogP contribution in [0.3, 0.4) is 0 Å². The summed E-state index contributed by atoms with van der Waals surface area (Å²) in [6.07, 6.45) is 0.179. The summed E-state index contributed by atoms with van der Waals surface area (Å²) in [6.45, 7) is 5.11. The molecule has 27 heavy (non-hydrogen) atoms. The van der Waals surface area contributed by atoms with Crippen molar-refractivity contribution in [1.82, 2.24) is 10.2 Å². The molecule has 0 spiro atoms. The molecule has 0 saturated carbocycles. The van der Waals surface area contributed by atoms with E-state index in [-0.39, 0.29) is 6.10 Å². The van der Waals surface area contributed by atoms with Crippen LogP contribution in [0.4, 0.5) is 0 Å². The molecule has 1 atom stereocenters. The van der Waals surface area contributed by atoms with Crippen LogP contribution in [0.25, 0.3) is 0 Å². The van der Waals surface area contributed by atoms with Crippen LogP contribution in [0.1, 0.15) is 11.1 Å². The summed E-state index contributed by atoms with van der Waals surface area (Å²) in [5, 5.41) is 4.02. The summed E-state index contributed by atoms with van der Waals surface area (Å²) in [7, 11) is 3.20. The third-order valence-electron chi connectivity index (χ3n) is 4.67. The van der Waals surface area contributed by atoms with Crippen LogP contribution in [0.2, 0.25) is 5.02 Å². The Kier molecular flexibility index (Phi) is 7.35. The molecule has 2 aromatic rings. The molecule has 0 bridgehead atoms. The van der Waals surface area contributed by atoms with Gasteiger partial charge in [-0.15, -0.1) is 0 Å². The molecule has 3 rings (SSSR count). The number of methoxy groups -OCH3 is 2. The molecule has 1 aliphatic heterocycles. The number of halogens is 1. The maximum atomic E-state index is 6.27. The minimum Gasteiger partial charge on any atom is -0.493 e. The van der Waals surface area contributed by atoms with Crippen molar-refractivity contribution in [3.05, 3.63) is 58.6 Å². The maximum absolute atomic E-state index is 6.27. The van der Waals surface area contributed by atoms with Crippen LogP contribution in [0, 0.1) is 0 Å². The van der Waals surface area contributed by atoms with Crippen LogP contribution in [0.5, 0.6) is 11.5 Å². The molecule has 1 N–H and O–H groups in total. The summed E-state index contributed by atoms with van der Waals surface area (Å²) in [6, 6.07) is 14.4. The molecule has 146 valence electrons. The molecule has 1 heterocycles. The van der Waals surface area contributed by atoms with Crippen molar-refractivity contribution < 1.29 is 14.2 Å². The number of nitrogens with zero attached hydrogens (tertiary/aromatic N) is 1. The molecular weight excluding hydrogens is 364 g/mol. The first-order valence-corrected chi connectivity index (χ1v) is 9.56. The SMILES string of the molecule is COc1cc(CNC[C@@H]2CN(Cc3ccccc3)CCO2)cc(Cl)c1OC. The predicted octanol–water partition coefficient (Wildman–Crippen LogP) is 3.35. The highest BCUT2D eigenvalue weighted by Crippen LogP contribution is 2.35. The molecule has 0 aliphatic carbocycles. The Balaban J connectivity index is 1.49. The van der Waals surface area contributed by atoms with Crippen molar-refractivity contribution in [1.29, 1.82) is 0 Å². The van der Waals surface area contributed by atoms with E-state index >= 15 is 0 Å². The number of hydrogen-bond acceptors (Lipinski definition) is 5. The number of ether oxygens (including phenoxy) is 3. The molecule has 0 radical (unpaired) electrons. The third-order valence-corrected chi connectivity index (χ3v) is 4.95. The van der Waals surface area contributed by atoms with Crippen molar-refractivity contribution in [2.45, 2.75) is 19.2 Å². The Labute approximate surface area is 166 Å². The fraction of sp³-hybridized carbons (Fsp3) is 0.429. The number of nitrogens with one attached hydrogen (secondary N) is 1. The van der Waals surface area contributed by atoms with E-state index in [1.54, 1.807) is 14.2 Å². The molecule has 0 aromatic heterocycles. The zero-order valence-electron chi connectivity index (χ0n) is 15.9. The topological polar surface area (TPSA) is 43.0 Å². The Morgan fingerprint density at radius 1 is 1.15 bits per heavy atom. The van der Waals surface area contributed by atoms with Gasteiger partial charge in [0.05, 0.1) is 32.0 Å². The van der Waals surface area contributed by atoms with E-state index in [0.717, 1.165) is 38.3 Å². The van der Waals surface area contributed by atoms with E-state index in [0.29, 0.717) is 23.1 Å². The van der Waals surface area contributed by atoms with E-state index < -0.39 is 0 Å². The van der Waals surface area contributed by atoms with Gasteiger partial charge in [0.2, 0.25) is 0 Å². The van der Waals surface area contributed by atoms with Gasteiger partial charge in [0.25, 0.3) is 0 Å². The lowest BCUT2D eigenvalue weighted by Crippen LogP contribution is -2.46. The molecule has 0 unspecified atom stereocenters. The van der Waals surface area contributed by atoms with Crippen molar-refractivity contribution in [3.8, 4) is 11.5 Å². The minimum absolute atomic E-state index is 0.179. The van der Waals surface area contributed by atoms with Gasteiger partial charge in [0.15, 0.2) is 11.5 Å². The van der Waals surface area contributed by atoms with Crippen LogP contribution in [0.15, 0.2) is 42.5 Å². The quantitative estimate of drug-likeness (QED) is 0.748. The van der Waals surface area contributed by atoms with Gasteiger partial charge in [-0.25, -0.2) is 0 Å². The summed E-state index contributed by atoms with van der Waals surface area (Å²) < 4.78 is 16.5. The fourth-order valence-electron chi connectivity index (χ4n) is 3.34. The summed E-state index contributed by atoms with van der Waals surface area (Å²) in [5.41, 5.74) is 2.39. The van der Waals surface area contributed by atoms with Gasteiger partial charge < -0.3 is 19.5 Å². The highest BCUT2D eigenvalue weighted by molar-refractivity contribution is 6.32. The maximum Gasteiger partial charge on any atom is 0.179 e. The summed E-state index contributed by atoms with van der Waals surface area (Å²) in [4.78, 5) is 2.44. The van der Waals surface area contributed by atoms with E-state index in [9.17, 15) is 0 Å². The molecule has 1 saturated heterocycles. The first kappa shape index (κ1) is 20.0. The normalized spacial score (nSPS) is 17.7. The Bertz CT molecular complexity index is 727. The third kappa shape index (κ3) is 5.59. The van der Waals surface area contributed by atoms with E-state index in [1.165, 1.54) is 5.56 Å². The lowest BCUT2D eigenvalue weighted by atomic mass is 10.1. The Hall–Kier alpha value is -1.79. The second-order valence-corrected chi connectivity index (χ2v) is 7.06. The lowest BCUT2D eigenvalue weighted by Gasteiger charge is -2.33. The van der Waals surface area contributed by atoms with Gasteiger partial charge in [-0.1, -0.05) is 41.9 Å². The summed E-state index contributed by atoms with van der Waals surface area (Å²) >= 11 is 6.27. The smallest absolute Gasteiger partial charge is 0.179 e. The van der Waals surface area contributed by atoms with Crippen LogP contribution >= 0.6 is 11.6 Å². The van der Waals surface area contributed by atoms with Crippen LogP contribution < -0.4 is 14.8 Å². The van der Waals surface area contributed by atoms with E-state index in [1.807, 2.05) is 12.1 Å². The molecule has 0 amide bonds. The molecule has 5 nitrogen and oxygen atoms in total. The van der Waals surface area contributed by atoms with E-state index in [4.69, 9.17) is 25.8 Å². The van der Waals surface area contributed by atoms with Crippen molar-refractivity contribution in [2.75, 3.05) is 40.5 Å². The van der Waals surface area contributed by atoms with Crippen LogP contribution in [-0.2, 0) is 17.8 Å². The van der Waals surface area contributed by atoms with Crippen molar-refractivity contribution in [2.24, 2.45) is 0 Å². The van der Waals surface area contributed by atoms with E-state index in [2.05, 4.69) is 40.5 Å². The van der Waals surface area contributed by atoms with Crippen molar-refractivity contribution >= 4 is 11.6 Å². The standard InChI is InChI=1S/C21H27ClN2O3/c1-25-20-11-17(10-19(22)21(20)26-2)12-23-13-18-15-24(8-9-27-18)14-16-6-4-3-5-7-16/h3-7,10-11,18,23H,8-9,12-15H2,1-2H3/t18-/m1/s1. The van der Waals surface area contributed by atoms with Gasteiger partial charge in [-0.05, 0) is 23.3 Å². The fourth-order valence-corrected chi connectivity index (χ4v) is 3.65. The highest BCUT2D eigenvalue weighted by atomic mass is 35.5. The van der Waals surface area contributed by atoms with Gasteiger partial charge in [0.1, 0.15) is 0 Å². The highest BCUT2D eigenvalue weighted by Gasteiger charge is 2.20. The molecule has 2 aromatic carbocycles. The number of morpholine rings is 1. The van der Waals surface area contributed by atoms with Crippen molar-refractivity contribution in [3.63, 3.8) is 0 Å². The number of rotatable bonds is 8. The summed E-state index contributed by atoms with van der Waals surface area (Å²) in [5.74, 6) is 1.21. The predicted molar refractivity (Wildman–Crippen MR) is 108 cm³/mol. The molecule has 1 aliphatic rings. The zero-order valence-corrected chi connectivity index (χ0v) is 16.7. The monoisotopic (exact) mass is 390 g/mol. The van der Waals surface area contributed by atoms with Gasteiger partial charge in [-0.3, -0.25) is 4.90 Å². The molecule has 1 fully saturated rings. The first-order chi connectivity index (χ1) is 13.2. The van der Waals surface area contributed by atoms with Gasteiger partial charge in [0, 0.05) is 32.7 Å². The zero-order chi connectivity index (χ0) is 19.1. The second-order valence-electron chi connectivity index (χ2n) is 6.66. The second kappa shape index (κ2) is 9.95. The first-order valence-electron chi connectivity index (χ1n) is 9.18. The lowest BCUT2D eigenvalue weighted by molar-refractivity contribution is -0.0300. The average Bonchev–Trinajstić information content (AvgIpc) is 2.68. The molecular formula is C21H27ClN2O3. The van der Waals surface area contributed by atoms with Crippen LogP contribution in [-0.4, -0.2) is 51.5 Å². The Morgan fingerprint density at radius 2 is 1.96 bits per heavy atom. The van der Waals surface area contributed by atoms with Gasteiger partial charge >= 0.3 is 0 Å². The van der Waals surface area contributed by atoms with Gasteiger partial charge in [-0.2, -0.15) is 0 Å². The minimum atomic E-state index is 0.179. The average molecular weight is 391 g/mol. The largest absolute Gasteiger partial charge is 0.493 e. The number of hydrogen-bond donors (Lipinski definition) is 1. The number of benzene rings is 2. The Morgan fingerprint density at radius 3 is 2.70 bits per heavy atom.